The van der Waals surface area contributed by atoms with Gasteiger partial charge in [0.1, 0.15) is 23.5 Å². The van der Waals surface area contributed by atoms with Crippen LogP contribution in [0.1, 0.15) is 21.6 Å². The maximum absolute atomic E-state index is 13.6. The van der Waals surface area contributed by atoms with Crippen LogP contribution in [0.15, 0.2) is 58.0 Å². The number of furan rings is 1. The third kappa shape index (κ3) is 3.79. The molecule has 132 valence electrons. The van der Waals surface area contributed by atoms with Gasteiger partial charge in [-0.2, -0.15) is 0 Å². The molecule has 1 aromatic carbocycles. The van der Waals surface area contributed by atoms with Crippen molar-refractivity contribution in [1.29, 1.82) is 0 Å². The van der Waals surface area contributed by atoms with Crippen LogP contribution in [0.2, 0.25) is 0 Å². The predicted octanol–water partition coefficient (Wildman–Crippen LogP) is 3.18. The van der Waals surface area contributed by atoms with Crippen LogP contribution in [0, 0.1) is 11.6 Å². The first-order valence-corrected chi connectivity index (χ1v) is 9.42. The first-order chi connectivity index (χ1) is 11.9. The van der Waals surface area contributed by atoms with E-state index in [1.165, 1.54) is 6.26 Å². The molecule has 0 saturated carbocycles. The summed E-state index contributed by atoms with van der Waals surface area (Å²) >= 11 is 1.16. The van der Waals surface area contributed by atoms with Gasteiger partial charge >= 0.3 is 0 Å². The molecule has 0 aliphatic heterocycles. The van der Waals surface area contributed by atoms with Crippen molar-refractivity contribution in [3.63, 3.8) is 0 Å². The summed E-state index contributed by atoms with van der Waals surface area (Å²) in [7, 11) is -4.35. The van der Waals surface area contributed by atoms with E-state index in [0.717, 1.165) is 29.5 Å². The summed E-state index contributed by atoms with van der Waals surface area (Å²) in [4.78, 5) is 0.115. The van der Waals surface area contributed by atoms with Gasteiger partial charge in [0.25, 0.3) is 0 Å². The Balaban J connectivity index is 1.74. The van der Waals surface area contributed by atoms with Gasteiger partial charge in [-0.3, -0.25) is 0 Å². The Labute approximate surface area is 146 Å². The number of nitrogens with one attached hydrogen (secondary N) is 1. The molecule has 0 saturated heterocycles. The van der Waals surface area contributed by atoms with Gasteiger partial charge in [-0.25, -0.2) is 21.9 Å². The highest BCUT2D eigenvalue weighted by Crippen LogP contribution is 2.29. The summed E-state index contributed by atoms with van der Waals surface area (Å²) in [6.45, 7) is -0.161. The fraction of sp³-hybridized carbons (Fsp3) is 0.125. The summed E-state index contributed by atoms with van der Waals surface area (Å²) in [5.74, 6) is -1.96. The quantitative estimate of drug-likeness (QED) is 0.683. The van der Waals surface area contributed by atoms with Crippen LogP contribution in [-0.4, -0.2) is 13.5 Å². The number of thiophene rings is 1. The lowest BCUT2D eigenvalue weighted by atomic mass is 10.2. The number of rotatable bonds is 6. The highest BCUT2D eigenvalue weighted by Gasteiger charge is 2.24. The van der Waals surface area contributed by atoms with Crippen molar-refractivity contribution in [3.05, 3.63) is 75.9 Å². The molecule has 25 heavy (non-hydrogen) atoms. The molecule has 1 atom stereocenters. The van der Waals surface area contributed by atoms with E-state index in [1.54, 1.807) is 24.3 Å². The van der Waals surface area contributed by atoms with Crippen molar-refractivity contribution in [3.8, 4) is 0 Å². The molecule has 9 heteroatoms. The second-order valence-corrected chi connectivity index (χ2v) is 8.00. The average molecular weight is 385 g/mol. The summed E-state index contributed by atoms with van der Waals surface area (Å²) in [6.07, 6.45) is 0.471. The van der Waals surface area contributed by atoms with Crippen molar-refractivity contribution < 1.29 is 26.7 Å². The monoisotopic (exact) mass is 385 g/mol. The molecule has 5 nitrogen and oxygen atoms in total. The second kappa shape index (κ2) is 7.04. The number of hydrogen-bond acceptors (Lipinski definition) is 5. The molecule has 0 aliphatic rings. The van der Waals surface area contributed by atoms with Gasteiger partial charge in [0.15, 0.2) is 4.90 Å². The summed E-state index contributed by atoms with van der Waals surface area (Å²) < 4.78 is 58.8. The fourth-order valence-electron chi connectivity index (χ4n) is 2.20. The largest absolute Gasteiger partial charge is 0.466 e. The molecule has 0 fully saturated rings. The van der Waals surface area contributed by atoms with Gasteiger partial charge in [-0.15, -0.1) is 11.3 Å². The Morgan fingerprint density at radius 3 is 2.48 bits per heavy atom. The first kappa shape index (κ1) is 17.7. The third-order valence-corrected chi connectivity index (χ3v) is 5.98. The minimum atomic E-state index is -4.35. The second-order valence-electron chi connectivity index (χ2n) is 5.10. The van der Waals surface area contributed by atoms with E-state index >= 15 is 0 Å². The molecule has 2 aromatic heterocycles. The van der Waals surface area contributed by atoms with Gasteiger partial charge in [0.2, 0.25) is 10.0 Å². The average Bonchev–Trinajstić information content (AvgIpc) is 3.24. The minimum Gasteiger partial charge on any atom is -0.466 e. The Kier molecular flexibility index (Phi) is 5.00. The number of sulfonamides is 1. The van der Waals surface area contributed by atoms with Crippen molar-refractivity contribution >= 4 is 21.4 Å². The lowest BCUT2D eigenvalue weighted by Crippen LogP contribution is -2.24. The van der Waals surface area contributed by atoms with E-state index in [2.05, 4.69) is 4.72 Å². The molecule has 3 aromatic rings. The maximum atomic E-state index is 13.6. The van der Waals surface area contributed by atoms with Crippen LogP contribution >= 0.6 is 11.3 Å². The zero-order valence-corrected chi connectivity index (χ0v) is 14.3. The Morgan fingerprint density at radius 2 is 1.84 bits per heavy atom. The van der Waals surface area contributed by atoms with Crippen LogP contribution < -0.4 is 4.72 Å². The highest BCUT2D eigenvalue weighted by atomic mass is 32.2. The van der Waals surface area contributed by atoms with Crippen LogP contribution in [0.3, 0.4) is 0 Å². The number of benzene rings is 1. The van der Waals surface area contributed by atoms with Crippen molar-refractivity contribution in [2.75, 3.05) is 0 Å². The van der Waals surface area contributed by atoms with Gasteiger partial charge in [-0.1, -0.05) is 6.07 Å². The molecule has 0 aliphatic carbocycles. The lowest BCUT2D eigenvalue weighted by Gasteiger charge is -2.08. The van der Waals surface area contributed by atoms with Gasteiger partial charge in [0, 0.05) is 16.3 Å². The van der Waals surface area contributed by atoms with Gasteiger partial charge in [-0.05, 0) is 36.4 Å². The van der Waals surface area contributed by atoms with Crippen molar-refractivity contribution in [2.45, 2.75) is 17.5 Å². The molecule has 0 bridgehead atoms. The zero-order chi connectivity index (χ0) is 18.0. The van der Waals surface area contributed by atoms with Gasteiger partial charge < -0.3 is 9.52 Å². The topological polar surface area (TPSA) is 79.5 Å². The molecular formula is C16H13F2NO4S2. The molecule has 0 amide bonds. The Morgan fingerprint density at radius 1 is 1.12 bits per heavy atom. The van der Waals surface area contributed by atoms with Crippen molar-refractivity contribution in [1.82, 2.24) is 4.72 Å². The molecule has 2 N–H and O–H groups in total. The van der Waals surface area contributed by atoms with E-state index in [1.807, 2.05) is 0 Å². The number of hydrogen-bond donors (Lipinski definition) is 2. The van der Waals surface area contributed by atoms with Crippen molar-refractivity contribution in [2.24, 2.45) is 0 Å². The molecule has 3 rings (SSSR count). The molecule has 0 radical (unpaired) electrons. The summed E-state index contributed by atoms with van der Waals surface area (Å²) in [6, 6.07) is 9.35. The van der Waals surface area contributed by atoms with Crippen LogP contribution in [0.4, 0.5) is 8.78 Å². The summed E-state index contributed by atoms with van der Waals surface area (Å²) in [5, 5.41) is 10.2. The minimum absolute atomic E-state index is 0.161. The van der Waals surface area contributed by atoms with E-state index in [4.69, 9.17) is 4.42 Å². The number of halogens is 2. The maximum Gasteiger partial charge on any atom is 0.246 e. The molecule has 0 spiro atoms. The smallest absolute Gasteiger partial charge is 0.246 e. The van der Waals surface area contributed by atoms with E-state index in [0.29, 0.717) is 15.5 Å². The Bertz CT molecular complexity index is 948. The number of aliphatic hydroxyl groups is 1. The highest BCUT2D eigenvalue weighted by molar-refractivity contribution is 7.89. The summed E-state index contributed by atoms with van der Waals surface area (Å²) in [5.41, 5.74) is 0. The number of aliphatic hydroxyl groups excluding tert-OH is 1. The zero-order valence-electron chi connectivity index (χ0n) is 12.6. The van der Waals surface area contributed by atoms with E-state index in [-0.39, 0.29) is 6.54 Å². The fourth-order valence-corrected chi connectivity index (χ4v) is 4.38. The van der Waals surface area contributed by atoms with E-state index in [9.17, 15) is 22.3 Å². The SMILES string of the molecule is O=S(=O)(NCc1ccc([C@@H](O)c2ccco2)s1)c1c(F)cccc1F. The van der Waals surface area contributed by atoms with Crippen LogP contribution in [0.25, 0.3) is 0 Å². The standard InChI is InChI=1S/C16H13F2NO4S2/c17-11-3-1-4-12(18)16(11)25(21,22)19-9-10-6-7-14(24-10)15(20)13-5-2-8-23-13/h1-8,15,19-20H,9H2/t15-/m0/s1. The molecule has 0 unspecified atom stereocenters. The third-order valence-electron chi connectivity index (χ3n) is 3.39. The van der Waals surface area contributed by atoms with Gasteiger partial charge in [0.05, 0.1) is 6.26 Å². The molecule has 2 heterocycles. The van der Waals surface area contributed by atoms with Crippen LogP contribution in [0.5, 0.6) is 0 Å². The van der Waals surface area contributed by atoms with E-state index < -0.39 is 32.7 Å². The van der Waals surface area contributed by atoms with Crippen LogP contribution in [-0.2, 0) is 16.6 Å². The predicted molar refractivity (Wildman–Crippen MR) is 87.5 cm³/mol. The Hall–Kier alpha value is -2.07. The lowest BCUT2D eigenvalue weighted by molar-refractivity contribution is 0.193. The first-order valence-electron chi connectivity index (χ1n) is 7.12. The normalized spacial score (nSPS) is 13.1. The molecular weight excluding hydrogens is 372 g/mol.